The summed E-state index contributed by atoms with van der Waals surface area (Å²) in [6.45, 7) is 0. The lowest BCUT2D eigenvalue weighted by Crippen LogP contribution is -2.17. The molecule has 2 fully saturated rings. The quantitative estimate of drug-likeness (QED) is 0.469. The first-order chi connectivity index (χ1) is 3.81. The van der Waals surface area contributed by atoms with Gasteiger partial charge in [-0.3, -0.25) is 0 Å². The third-order valence-electron chi connectivity index (χ3n) is 2.04. The zero-order chi connectivity index (χ0) is 5.61. The lowest BCUT2D eigenvalue weighted by molar-refractivity contribution is 0.0251. The number of hydrogen-bond acceptors (Lipinski definition) is 2. The largest absolute Gasteiger partial charge is 0.363 e. The molecule has 1 aliphatic heterocycles. The van der Waals surface area contributed by atoms with E-state index in [-0.39, 0.29) is 6.10 Å². The summed E-state index contributed by atoms with van der Waals surface area (Å²) in [5, 5.41) is 9.23. The van der Waals surface area contributed by atoms with Gasteiger partial charge in [0.15, 0.2) is 5.79 Å². The fraction of sp³-hybridized carbons (Fsp3) is 1.00. The van der Waals surface area contributed by atoms with Crippen LogP contribution in [-0.4, -0.2) is 17.0 Å². The van der Waals surface area contributed by atoms with Gasteiger partial charge >= 0.3 is 0 Å². The molecule has 2 nitrogen and oxygen atoms in total. The molecule has 1 aliphatic carbocycles. The summed E-state index contributed by atoms with van der Waals surface area (Å²) in [6, 6.07) is 0. The topological polar surface area (TPSA) is 32.8 Å². The first-order valence-electron chi connectivity index (χ1n) is 3.21. The highest BCUT2D eigenvalue weighted by atomic mass is 16.7. The SMILES string of the molecule is OC12CCCCC1O2. The Bertz CT molecular complexity index is 111. The maximum atomic E-state index is 9.23. The first-order valence-corrected chi connectivity index (χ1v) is 3.21. The lowest BCUT2D eigenvalue weighted by atomic mass is 9.98. The van der Waals surface area contributed by atoms with Crippen LogP contribution in [0.15, 0.2) is 0 Å². The van der Waals surface area contributed by atoms with Crippen LogP contribution in [0.3, 0.4) is 0 Å². The van der Waals surface area contributed by atoms with Crippen LogP contribution in [0.25, 0.3) is 0 Å². The zero-order valence-corrected chi connectivity index (χ0v) is 4.76. The van der Waals surface area contributed by atoms with E-state index in [0.29, 0.717) is 0 Å². The van der Waals surface area contributed by atoms with Gasteiger partial charge in [-0.15, -0.1) is 0 Å². The Morgan fingerprint density at radius 1 is 1.50 bits per heavy atom. The average molecular weight is 114 g/mol. The van der Waals surface area contributed by atoms with Crippen molar-refractivity contribution in [3.63, 3.8) is 0 Å². The van der Waals surface area contributed by atoms with Gasteiger partial charge in [-0.2, -0.15) is 0 Å². The second kappa shape index (κ2) is 1.25. The normalized spacial score (nSPS) is 52.9. The van der Waals surface area contributed by atoms with Crippen molar-refractivity contribution < 1.29 is 9.84 Å². The van der Waals surface area contributed by atoms with Gasteiger partial charge < -0.3 is 9.84 Å². The fourth-order valence-corrected chi connectivity index (χ4v) is 1.42. The highest BCUT2D eigenvalue weighted by Crippen LogP contribution is 2.45. The molecule has 1 saturated carbocycles. The van der Waals surface area contributed by atoms with Crippen LogP contribution in [0, 0.1) is 0 Å². The monoisotopic (exact) mass is 114 g/mol. The van der Waals surface area contributed by atoms with Crippen LogP contribution in [0.4, 0.5) is 0 Å². The van der Waals surface area contributed by atoms with Crippen molar-refractivity contribution in [2.75, 3.05) is 0 Å². The maximum absolute atomic E-state index is 9.23. The van der Waals surface area contributed by atoms with Crippen molar-refractivity contribution >= 4 is 0 Å². The number of fused-ring (bicyclic) bond motifs is 1. The van der Waals surface area contributed by atoms with Crippen LogP contribution in [-0.2, 0) is 4.74 Å². The van der Waals surface area contributed by atoms with E-state index in [1.807, 2.05) is 0 Å². The Morgan fingerprint density at radius 3 is 2.88 bits per heavy atom. The minimum absolute atomic E-state index is 0.205. The van der Waals surface area contributed by atoms with Crippen molar-refractivity contribution in [3.05, 3.63) is 0 Å². The number of ether oxygens (including phenoxy) is 1. The lowest BCUT2D eigenvalue weighted by Gasteiger charge is -2.08. The molecule has 1 saturated heterocycles. The summed E-state index contributed by atoms with van der Waals surface area (Å²) < 4.78 is 5.02. The van der Waals surface area contributed by atoms with Crippen molar-refractivity contribution in [2.45, 2.75) is 37.6 Å². The molecule has 0 spiro atoms. The van der Waals surface area contributed by atoms with E-state index in [1.54, 1.807) is 0 Å². The number of rotatable bonds is 0. The third-order valence-corrected chi connectivity index (χ3v) is 2.04. The molecule has 1 heterocycles. The predicted octanol–water partition coefficient (Wildman–Crippen LogP) is 0.648. The minimum Gasteiger partial charge on any atom is -0.363 e. The summed E-state index contributed by atoms with van der Waals surface area (Å²) in [6.07, 6.45) is 4.49. The summed E-state index contributed by atoms with van der Waals surface area (Å²) in [4.78, 5) is 0. The smallest absolute Gasteiger partial charge is 0.192 e. The van der Waals surface area contributed by atoms with E-state index in [1.165, 1.54) is 6.42 Å². The van der Waals surface area contributed by atoms with Gasteiger partial charge in [-0.05, 0) is 12.8 Å². The van der Waals surface area contributed by atoms with E-state index in [2.05, 4.69) is 0 Å². The van der Waals surface area contributed by atoms with E-state index in [0.717, 1.165) is 19.3 Å². The summed E-state index contributed by atoms with van der Waals surface area (Å²) in [5.74, 6) is -0.655. The van der Waals surface area contributed by atoms with Gasteiger partial charge in [0.05, 0.1) is 0 Å². The molecule has 0 aromatic rings. The Balaban J connectivity index is 2.04. The second-order valence-electron chi connectivity index (χ2n) is 2.70. The molecule has 2 atom stereocenters. The molecule has 0 bridgehead atoms. The van der Waals surface area contributed by atoms with Crippen LogP contribution < -0.4 is 0 Å². The van der Waals surface area contributed by atoms with Crippen LogP contribution in [0.5, 0.6) is 0 Å². The first kappa shape index (κ1) is 4.77. The number of aliphatic hydroxyl groups is 1. The summed E-state index contributed by atoms with van der Waals surface area (Å²) >= 11 is 0. The fourth-order valence-electron chi connectivity index (χ4n) is 1.42. The molecule has 1 N–H and O–H groups in total. The maximum Gasteiger partial charge on any atom is 0.192 e. The molecule has 2 rings (SSSR count). The standard InChI is InChI=1S/C6H10O2/c7-6-4-2-1-3-5(6)8-6/h5,7H,1-4H2. The summed E-state index contributed by atoms with van der Waals surface area (Å²) in [7, 11) is 0. The van der Waals surface area contributed by atoms with E-state index in [4.69, 9.17) is 4.74 Å². The van der Waals surface area contributed by atoms with Crippen molar-refractivity contribution in [1.29, 1.82) is 0 Å². The highest BCUT2D eigenvalue weighted by Gasteiger charge is 2.55. The van der Waals surface area contributed by atoms with Gasteiger partial charge in [0.1, 0.15) is 6.10 Å². The molecule has 46 valence electrons. The minimum atomic E-state index is -0.655. The van der Waals surface area contributed by atoms with Gasteiger partial charge in [0, 0.05) is 6.42 Å². The highest BCUT2D eigenvalue weighted by molar-refractivity contribution is 4.95. The van der Waals surface area contributed by atoms with Crippen LogP contribution >= 0.6 is 0 Å². The molecule has 0 aromatic heterocycles. The Kier molecular flexibility index (Phi) is 0.746. The van der Waals surface area contributed by atoms with E-state index >= 15 is 0 Å². The van der Waals surface area contributed by atoms with Gasteiger partial charge in [-0.25, -0.2) is 0 Å². The molecular formula is C6H10O2. The Hall–Kier alpha value is -0.0800. The molecule has 2 aliphatic rings. The van der Waals surface area contributed by atoms with Crippen molar-refractivity contribution in [3.8, 4) is 0 Å². The number of epoxide rings is 1. The molecule has 2 unspecified atom stereocenters. The zero-order valence-electron chi connectivity index (χ0n) is 4.76. The van der Waals surface area contributed by atoms with E-state index in [9.17, 15) is 5.11 Å². The predicted molar refractivity (Wildman–Crippen MR) is 28.3 cm³/mol. The molecular weight excluding hydrogens is 104 g/mol. The molecule has 0 amide bonds. The van der Waals surface area contributed by atoms with Crippen molar-refractivity contribution in [1.82, 2.24) is 0 Å². The number of hydrogen-bond donors (Lipinski definition) is 1. The van der Waals surface area contributed by atoms with Crippen LogP contribution in [0.2, 0.25) is 0 Å². The van der Waals surface area contributed by atoms with Gasteiger partial charge in [0.2, 0.25) is 0 Å². The van der Waals surface area contributed by atoms with Crippen LogP contribution in [0.1, 0.15) is 25.7 Å². The van der Waals surface area contributed by atoms with Gasteiger partial charge in [-0.1, -0.05) is 6.42 Å². The summed E-state index contributed by atoms with van der Waals surface area (Å²) in [5.41, 5.74) is 0. The molecule has 0 radical (unpaired) electrons. The second-order valence-corrected chi connectivity index (χ2v) is 2.70. The average Bonchev–Trinajstić information content (AvgIpc) is 2.39. The van der Waals surface area contributed by atoms with E-state index < -0.39 is 5.79 Å². The third kappa shape index (κ3) is 0.501. The molecule has 8 heavy (non-hydrogen) atoms. The van der Waals surface area contributed by atoms with Crippen molar-refractivity contribution in [2.24, 2.45) is 0 Å². The Morgan fingerprint density at radius 2 is 2.38 bits per heavy atom. The molecule has 0 aromatic carbocycles. The Labute approximate surface area is 48.5 Å². The molecule has 2 heteroatoms. The van der Waals surface area contributed by atoms with Gasteiger partial charge in [0.25, 0.3) is 0 Å².